The molecule has 0 aromatic heterocycles. The Kier molecular flexibility index (Phi) is 9.58. The molecule has 1 amide bonds. The number of aliphatic carboxylic acids is 1. The van der Waals surface area contributed by atoms with Crippen molar-refractivity contribution in [2.24, 2.45) is 5.92 Å². The van der Waals surface area contributed by atoms with E-state index in [9.17, 15) is 22.8 Å². The summed E-state index contributed by atoms with van der Waals surface area (Å²) in [4.78, 5) is 23.7. The predicted molar refractivity (Wildman–Crippen MR) is 136 cm³/mol. The van der Waals surface area contributed by atoms with Crippen LogP contribution >= 0.6 is 11.8 Å². The average molecular weight is 516 g/mol. The van der Waals surface area contributed by atoms with Gasteiger partial charge in [-0.1, -0.05) is 43.3 Å². The maximum atomic E-state index is 12.7. The van der Waals surface area contributed by atoms with Crippen LogP contribution in [0.4, 0.5) is 13.2 Å². The number of alkyl halides is 3. The Labute approximate surface area is 212 Å². The molecule has 3 aromatic rings. The van der Waals surface area contributed by atoms with Gasteiger partial charge in [-0.2, -0.15) is 13.2 Å². The Morgan fingerprint density at radius 1 is 0.917 bits per heavy atom. The molecular formula is C28H28F3NO3S. The van der Waals surface area contributed by atoms with E-state index in [2.05, 4.69) is 12.2 Å². The van der Waals surface area contributed by atoms with Crippen molar-refractivity contribution in [3.05, 3.63) is 89.5 Å². The summed E-state index contributed by atoms with van der Waals surface area (Å²) < 4.78 is 38.2. The van der Waals surface area contributed by atoms with Crippen LogP contribution in [0.25, 0.3) is 11.1 Å². The Balaban J connectivity index is 1.43. The van der Waals surface area contributed by atoms with E-state index in [0.717, 1.165) is 52.3 Å². The second kappa shape index (κ2) is 12.6. The number of aryl methyl sites for hydroxylation is 1. The van der Waals surface area contributed by atoms with E-state index in [1.54, 1.807) is 23.9 Å². The number of thioether (sulfide) groups is 1. The number of carboxylic acid groups (broad SMARTS) is 1. The van der Waals surface area contributed by atoms with Crippen molar-refractivity contribution in [3.8, 4) is 11.1 Å². The van der Waals surface area contributed by atoms with Crippen molar-refractivity contribution >= 4 is 23.6 Å². The molecule has 0 aliphatic heterocycles. The van der Waals surface area contributed by atoms with E-state index < -0.39 is 17.7 Å². The maximum Gasteiger partial charge on any atom is 0.416 e. The number of carbonyl (C=O) groups is 2. The highest BCUT2D eigenvalue weighted by Gasteiger charge is 2.29. The second-order valence-corrected chi connectivity index (χ2v) is 9.74. The van der Waals surface area contributed by atoms with Crippen molar-refractivity contribution in [3.63, 3.8) is 0 Å². The average Bonchev–Trinajstić information content (AvgIpc) is 2.86. The van der Waals surface area contributed by atoms with Gasteiger partial charge in [0.15, 0.2) is 0 Å². The highest BCUT2D eigenvalue weighted by Crippen LogP contribution is 2.32. The zero-order valence-corrected chi connectivity index (χ0v) is 20.7. The summed E-state index contributed by atoms with van der Waals surface area (Å²) in [5.74, 6) is 0.164. The molecule has 1 atom stereocenters. The number of rotatable bonds is 11. The fraction of sp³-hybridized carbons (Fsp3) is 0.286. The van der Waals surface area contributed by atoms with E-state index >= 15 is 0 Å². The highest BCUT2D eigenvalue weighted by atomic mass is 32.2. The van der Waals surface area contributed by atoms with Gasteiger partial charge in [0.05, 0.1) is 12.0 Å². The lowest BCUT2D eigenvalue weighted by Gasteiger charge is -2.12. The molecule has 0 saturated heterocycles. The smallest absolute Gasteiger partial charge is 0.416 e. The monoisotopic (exact) mass is 515 g/mol. The van der Waals surface area contributed by atoms with Gasteiger partial charge < -0.3 is 10.4 Å². The van der Waals surface area contributed by atoms with Crippen LogP contribution < -0.4 is 5.32 Å². The molecule has 0 radical (unpaired) electrons. The zero-order chi connectivity index (χ0) is 26.1. The van der Waals surface area contributed by atoms with Crippen LogP contribution in [0.2, 0.25) is 0 Å². The molecular weight excluding hydrogens is 487 g/mol. The van der Waals surface area contributed by atoms with Gasteiger partial charge in [-0.15, -0.1) is 11.8 Å². The van der Waals surface area contributed by atoms with E-state index in [-0.39, 0.29) is 18.9 Å². The number of carbonyl (C=O) groups excluding carboxylic acids is 1. The highest BCUT2D eigenvalue weighted by molar-refractivity contribution is 7.99. The topological polar surface area (TPSA) is 66.4 Å². The van der Waals surface area contributed by atoms with Gasteiger partial charge >= 0.3 is 12.1 Å². The number of carboxylic acids is 1. The molecule has 4 nitrogen and oxygen atoms in total. The summed E-state index contributed by atoms with van der Waals surface area (Å²) in [7, 11) is 0. The number of nitrogens with one attached hydrogen (secondary N) is 1. The van der Waals surface area contributed by atoms with Gasteiger partial charge in [-0.25, -0.2) is 0 Å². The van der Waals surface area contributed by atoms with E-state index in [1.165, 1.54) is 12.1 Å². The standard InChI is InChI=1S/C28H28F3NO3S/c1-19(2-3-20-4-6-23(7-5-20)27(35)32-17-16-26(33)34)18-36-25-14-10-22(11-15-25)21-8-12-24(13-9-21)28(29,30)31/h4-15,19H,2-3,16-18H2,1H3,(H,32,35)(H,33,34). The first-order valence-corrected chi connectivity index (χ1v) is 12.6. The van der Waals surface area contributed by atoms with Crippen molar-refractivity contribution in [2.75, 3.05) is 12.3 Å². The Morgan fingerprint density at radius 3 is 2.06 bits per heavy atom. The largest absolute Gasteiger partial charge is 0.481 e. The fourth-order valence-corrected chi connectivity index (χ4v) is 4.51. The van der Waals surface area contributed by atoms with Crippen LogP contribution in [0.3, 0.4) is 0 Å². The van der Waals surface area contributed by atoms with Crippen LogP contribution in [-0.2, 0) is 17.4 Å². The summed E-state index contributed by atoms with van der Waals surface area (Å²) in [5.41, 5.74) is 2.61. The molecule has 190 valence electrons. The van der Waals surface area contributed by atoms with Gasteiger partial charge in [-0.05, 0) is 71.8 Å². The maximum absolute atomic E-state index is 12.7. The van der Waals surface area contributed by atoms with E-state index in [4.69, 9.17) is 5.11 Å². The van der Waals surface area contributed by atoms with Crippen LogP contribution in [0, 0.1) is 5.92 Å². The molecule has 0 heterocycles. The van der Waals surface area contributed by atoms with Crippen LogP contribution in [-0.4, -0.2) is 29.3 Å². The molecule has 0 spiro atoms. The number of benzene rings is 3. The number of hydrogen-bond acceptors (Lipinski definition) is 3. The third-order valence-corrected chi connectivity index (χ3v) is 7.04. The first-order chi connectivity index (χ1) is 17.1. The molecule has 2 N–H and O–H groups in total. The van der Waals surface area contributed by atoms with E-state index in [0.29, 0.717) is 11.5 Å². The molecule has 0 aliphatic rings. The van der Waals surface area contributed by atoms with Crippen molar-refractivity contribution in [1.82, 2.24) is 5.32 Å². The molecule has 0 aliphatic carbocycles. The summed E-state index contributed by atoms with van der Waals surface area (Å²) in [5, 5.41) is 11.2. The van der Waals surface area contributed by atoms with Gasteiger partial charge in [0, 0.05) is 22.8 Å². The van der Waals surface area contributed by atoms with Crippen LogP contribution in [0.1, 0.15) is 41.3 Å². The van der Waals surface area contributed by atoms with Gasteiger partial charge in [0.2, 0.25) is 0 Å². The van der Waals surface area contributed by atoms with Crippen molar-refractivity contribution in [1.29, 1.82) is 0 Å². The third-order valence-electron chi connectivity index (χ3n) is 5.70. The second-order valence-electron chi connectivity index (χ2n) is 8.65. The third kappa shape index (κ3) is 8.45. The summed E-state index contributed by atoms with van der Waals surface area (Å²) in [6.07, 6.45) is -2.57. The Bertz CT molecular complexity index is 1140. The predicted octanol–water partition coefficient (Wildman–Crippen LogP) is 6.94. The van der Waals surface area contributed by atoms with E-state index in [1.807, 2.05) is 36.4 Å². The quantitative estimate of drug-likeness (QED) is 0.272. The lowest BCUT2D eigenvalue weighted by Crippen LogP contribution is -2.25. The summed E-state index contributed by atoms with van der Waals surface area (Å²) in [6.45, 7) is 2.29. The number of halogens is 3. The van der Waals surface area contributed by atoms with Gasteiger partial charge in [0.25, 0.3) is 5.91 Å². The summed E-state index contributed by atoms with van der Waals surface area (Å²) in [6, 6.07) is 20.4. The molecule has 3 rings (SSSR count). The first-order valence-electron chi connectivity index (χ1n) is 11.6. The molecule has 3 aromatic carbocycles. The Morgan fingerprint density at radius 2 is 1.50 bits per heavy atom. The minimum absolute atomic E-state index is 0.100. The lowest BCUT2D eigenvalue weighted by atomic mass is 10.0. The SMILES string of the molecule is CC(CCc1ccc(C(=O)NCCC(=O)O)cc1)CSc1ccc(-c2ccc(C(F)(F)F)cc2)cc1. The normalized spacial score (nSPS) is 12.2. The van der Waals surface area contributed by atoms with Crippen molar-refractivity contribution < 1.29 is 27.9 Å². The van der Waals surface area contributed by atoms with Crippen LogP contribution in [0.15, 0.2) is 77.7 Å². The molecule has 0 bridgehead atoms. The Hall–Kier alpha value is -3.26. The summed E-state index contributed by atoms with van der Waals surface area (Å²) >= 11 is 1.75. The first kappa shape index (κ1) is 27.3. The minimum atomic E-state index is -4.33. The van der Waals surface area contributed by atoms with Gasteiger partial charge in [0.1, 0.15) is 0 Å². The van der Waals surface area contributed by atoms with Gasteiger partial charge in [-0.3, -0.25) is 9.59 Å². The number of hydrogen-bond donors (Lipinski definition) is 2. The molecule has 8 heteroatoms. The van der Waals surface area contributed by atoms with Crippen molar-refractivity contribution in [2.45, 2.75) is 37.3 Å². The lowest BCUT2D eigenvalue weighted by molar-refractivity contribution is -0.138. The fourth-order valence-electron chi connectivity index (χ4n) is 3.54. The van der Waals surface area contributed by atoms with Crippen LogP contribution in [0.5, 0.6) is 0 Å². The molecule has 36 heavy (non-hydrogen) atoms. The zero-order valence-electron chi connectivity index (χ0n) is 19.8. The molecule has 0 saturated carbocycles. The molecule has 0 fully saturated rings. The number of amides is 1. The molecule has 1 unspecified atom stereocenters. The minimum Gasteiger partial charge on any atom is -0.481 e.